The number of rotatable bonds is 6. The second-order valence-electron chi connectivity index (χ2n) is 7.87. The molecule has 1 N–H and O–H groups in total. The number of likely N-dealkylation sites (N-methyl/N-ethyl adjacent to an activating group) is 1. The molecule has 0 spiro atoms. The van der Waals surface area contributed by atoms with Gasteiger partial charge in [0.1, 0.15) is 17.5 Å². The number of fused-ring (bicyclic) bond motifs is 1. The molecule has 1 aliphatic heterocycles. The number of aliphatic hydroxyl groups is 1. The largest absolute Gasteiger partial charge is 0.472 e. The number of benzene rings is 1. The molecule has 0 bridgehead atoms. The Morgan fingerprint density at radius 1 is 1.38 bits per heavy atom. The molecule has 0 saturated carbocycles. The minimum atomic E-state index is -3.89. The van der Waals surface area contributed by atoms with Crippen LogP contribution in [0.15, 0.2) is 45.9 Å². The Balaban J connectivity index is 1.94. The normalized spacial score (nSPS) is 20.3. The van der Waals surface area contributed by atoms with E-state index >= 15 is 0 Å². The van der Waals surface area contributed by atoms with Gasteiger partial charge in [-0.25, -0.2) is 17.8 Å². The van der Waals surface area contributed by atoms with Gasteiger partial charge in [0.2, 0.25) is 15.9 Å². The van der Waals surface area contributed by atoms with Crippen LogP contribution in [0, 0.1) is 11.7 Å². The molecule has 2 heterocycles. The predicted molar refractivity (Wildman–Crippen MR) is 119 cm³/mol. The van der Waals surface area contributed by atoms with Crippen LogP contribution in [0.3, 0.4) is 0 Å². The number of aliphatic hydroxyl groups excluding tert-OH is 1. The molecular weight excluding hydrogens is 505 g/mol. The molecule has 3 atom stereocenters. The lowest BCUT2D eigenvalue weighted by Gasteiger charge is -2.37. The van der Waals surface area contributed by atoms with Gasteiger partial charge in [-0.1, -0.05) is 6.92 Å². The van der Waals surface area contributed by atoms with Crippen LogP contribution in [-0.2, 0) is 10.0 Å². The molecule has 2 aromatic rings. The molecule has 32 heavy (non-hydrogen) atoms. The van der Waals surface area contributed by atoms with Crippen molar-refractivity contribution in [3.05, 3.63) is 52.4 Å². The third-order valence-electron chi connectivity index (χ3n) is 5.45. The molecule has 3 rings (SSSR count). The van der Waals surface area contributed by atoms with E-state index in [2.05, 4.69) is 20.9 Å². The molecule has 174 valence electrons. The van der Waals surface area contributed by atoms with Crippen molar-refractivity contribution in [2.24, 2.45) is 5.92 Å². The van der Waals surface area contributed by atoms with Crippen molar-refractivity contribution in [2.45, 2.75) is 30.9 Å². The van der Waals surface area contributed by atoms with Gasteiger partial charge in [0.15, 0.2) is 0 Å². The van der Waals surface area contributed by atoms with E-state index in [1.165, 1.54) is 25.4 Å². The van der Waals surface area contributed by atoms with E-state index in [-0.39, 0.29) is 47.9 Å². The number of hydrogen-bond donors (Lipinski definition) is 1. The van der Waals surface area contributed by atoms with Gasteiger partial charge < -0.3 is 14.7 Å². The lowest BCUT2D eigenvalue weighted by atomic mass is 10.0. The van der Waals surface area contributed by atoms with Crippen LogP contribution in [0.5, 0.6) is 5.88 Å². The summed E-state index contributed by atoms with van der Waals surface area (Å²) in [5, 5.41) is 9.66. The highest BCUT2D eigenvalue weighted by atomic mass is 79.9. The van der Waals surface area contributed by atoms with E-state index in [0.29, 0.717) is 4.47 Å². The summed E-state index contributed by atoms with van der Waals surface area (Å²) in [7, 11) is -2.47. The molecule has 1 amide bonds. The van der Waals surface area contributed by atoms with Crippen LogP contribution in [0.25, 0.3) is 0 Å². The molecule has 0 unspecified atom stereocenters. The van der Waals surface area contributed by atoms with Gasteiger partial charge in [-0.3, -0.25) is 4.79 Å². The monoisotopic (exact) mass is 529 g/mol. The first-order valence-corrected chi connectivity index (χ1v) is 12.2. The zero-order valence-corrected chi connectivity index (χ0v) is 20.3. The van der Waals surface area contributed by atoms with Crippen molar-refractivity contribution in [3.63, 3.8) is 0 Å². The van der Waals surface area contributed by atoms with Gasteiger partial charge >= 0.3 is 0 Å². The first kappa shape index (κ1) is 24.6. The summed E-state index contributed by atoms with van der Waals surface area (Å²) in [4.78, 5) is 18.9. The Hall–Kier alpha value is -2.08. The number of carbonyl (C=O) groups excluding carboxylic acids is 1. The Morgan fingerprint density at radius 3 is 2.66 bits per heavy atom. The molecule has 11 heteroatoms. The van der Waals surface area contributed by atoms with Crippen LogP contribution in [0.1, 0.15) is 24.2 Å². The quantitative estimate of drug-likeness (QED) is 0.617. The van der Waals surface area contributed by atoms with Gasteiger partial charge in [0, 0.05) is 30.2 Å². The summed E-state index contributed by atoms with van der Waals surface area (Å²) in [5.74, 6) is -1.04. The highest BCUT2D eigenvalue weighted by molar-refractivity contribution is 9.10. The lowest BCUT2D eigenvalue weighted by Crippen LogP contribution is -2.50. The van der Waals surface area contributed by atoms with E-state index in [0.717, 1.165) is 16.4 Å². The van der Waals surface area contributed by atoms with Crippen LogP contribution in [-0.4, -0.2) is 72.5 Å². The maximum absolute atomic E-state index is 13.2. The fraction of sp³-hybridized carbons (Fsp3) is 0.429. The first-order chi connectivity index (χ1) is 15.0. The van der Waals surface area contributed by atoms with E-state index in [9.17, 15) is 22.7 Å². The molecule has 0 aliphatic carbocycles. The van der Waals surface area contributed by atoms with Crippen LogP contribution >= 0.6 is 15.9 Å². The highest BCUT2D eigenvalue weighted by Crippen LogP contribution is 2.29. The SMILES string of the molecule is C[C@H](CO)N1C[C@H](C)[C@@H](CN(C)S(=O)(=O)c2ccc(F)cc2)Oc2ncc(Br)cc2C1=O. The maximum Gasteiger partial charge on any atom is 0.259 e. The van der Waals surface area contributed by atoms with Gasteiger partial charge in [-0.05, 0) is 53.2 Å². The van der Waals surface area contributed by atoms with Crippen molar-refractivity contribution >= 4 is 31.9 Å². The molecular formula is C21H25BrFN3O5S. The third kappa shape index (κ3) is 5.11. The average Bonchev–Trinajstić information content (AvgIpc) is 2.76. The maximum atomic E-state index is 13.2. The number of ether oxygens (including phenoxy) is 1. The van der Waals surface area contributed by atoms with Crippen LogP contribution < -0.4 is 4.74 Å². The molecule has 0 saturated heterocycles. The highest BCUT2D eigenvalue weighted by Gasteiger charge is 2.35. The Kier molecular flexibility index (Phi) is 7.53. The predicted octanol–water partition coefficient (Wildman–Crippen LogP) is 2.52. The Bertz CT molecular complexity index is 1080. The number of nitrogens with zero attached hydrogens (tertiary/aromatic N) is 3. The first-order valence-electron chi connectivity index (χ1n) is 10.0. The number of amides is 1. The smallest absolute Gasteiger partial charge is 0.259 e. The van der Waals surface area contributed by atoms with Gasteiger partial charge in [0.05, 0.1) is 24.1 Å². The Morgan fingerprint density at radius 2 is 2.03 bits per heavy atom. The summed E-state index contributed by atoms with van der Waals surface area (Å²) >= 11 is 3.31. The van der Waals surface area contributed by atoms with Crippen molar-refractivity contribution in [1.29, 1.82) is 0 Å². The number of sulfonamides is 1. The van der Waals surface area contributed by atoms with E-state index < -0.39 is 28.0 Å². The van der Waals surface area contributed by atoms with E-state index in [4.69, 9.17) is 4.74 Å². The number of aromatic nitrogens is 1. The van der Waals surface area contributed by atoms with Gasteiger partial charge in [-0.2, -0.15) is 4.31 Å². The fourth-order valence-corrected chi connectivity index (χ4v) is 4.95. The standard InChI is InChI=1S/C21H25BrFN3O5S/c1-13-10-26(14(2)12-27)21(28)18-8-15(22)9-24-20(18)31-19(13)11-25(3)32(29,30)17-6-4-16(23)5-7-17/h4-9,13-14,19,27H,10-12H2,1-3H3/t13-,14+,19+/m0/s1. The molecule has 1 aromatic heterocycles. The number of pyridine rings is 1. The molecule has 1 aliphatic rings. The van der Waals surface area contributed by atoms with Gasteiger partial charge in [0.25, 0.3) is 5.91 Å². The van der Waals surface area contributed by atoms with Crippen LogP contribution in [0.2, 0.25) is 0 Å². The second-order valence-corrected chi connectivity index (χ2v) is 10.8. The number of hydrogen-bond acceptors (Lipinski definition) is 6. The number of halogens is 2. The second kappa shape index (κ2) is 9.82. The molecule has 1 aromatic carbocycles. The number of carbonyl (C=O) groups is 1. The fourth-order valence-electron chi connectivity index (χ4n) is 3.43. The topological polar surface area (TPSA) is 100 Å². The van der Waals surface area contributed by atoms with E-state index in [1.807, 2.05) is 6.92 Å². The zero-order valence-electron chi connectivity index (χ0n) is 17.9. The van der Waals surface area contributed by atoms with Crippen molar-refractivity contribution in [3.8, 4) is 5.88 Å². The minimum Gasteiger partial charge on any atom is -0.472 e. The van der Waals surface area contributed by atoms with Gasteiger partial charge in [-0.15, -0.1) is 0 Å². The van der Waals surface area contributed by atoms with Crippen molar-refractivity contribution < 1.29 is 27.4 Å². The molecule has 8 nitrogen and oxygen atoms in total. The summed E-state index contributed by atoms with van der Waals surface area (Å²) < 4.78 is 46.9. The summed E-state index contributed by atoms with van der Waals surface area (Å²) in [6, 6.07) is 5.74. The molecule has 0 radical (unpaired) electrons. The zero-order chi connectivity index (χ0) is 23.6. The summed E-state index contributed by atoms with van der Waals surface area (Å²) in [6.45, 7) is 3.59. The van der Waals surface area contributed by atoms with E-state index in [1.54, 1.807) is 17.9 Å². The van der Waals surface area contributed by atoms with Crippen LogP contribution in [0.4, 0.5) is 4.39 Å². The average molecular weight is 530 g/mol. The van der Waals surface area contributed by atoms with Crippen molar-refractivity contribution in [1.82, 2.24) is 14.2 Å². The third-order valence-corrected chi connectivity index (χ3v) is 7.72. The summed E-state index contributed by atoms with van der Waals surface area (Å²) in [5.41, 5.74) is 0.223. The minimum absolute atomic E-state index is 0.0202. The Labute approximate surface area is 195 Å². The van der Waals surface area contributed by atoms with Crippen molar-refractivity contribution in [2.75, 3.05) is 26.7 Å². The molecule has 0 fully saturated rings. The lowest BCUT2D eigenvalue weighted by molar-refractivity contribution is 0.0373. The summed E-state index contributed by atoms with van der Waals surface area (Å²) in [6.07, 6.45) is 0.859.